The Hall–Kier alpha value is -3.69. The molecule has 9 heteroatoms. The molecule has 0 aromatic heterocycles. The first kappa shape index (κ1) is 25.4. The maximum atomic E-state index is 13.0. The van der Waals surface area contributed by atoms with E-state index in [9.17, 15) is 18.0 Å². The van der Waals surface area contributed by atoms with E-state index < -0.39 is 10.0 Å². The van der Waals surface area contributed by atoms with Crippen LogP contribution in [0.3, 0.4) is 0 Å². The van der Waals surface area contributed by atoms with E-state index in [1.807, 2.05) is 25.1 Å². The van der Waals surface area contributed by atoms with Crippen molar-refractivity contribution in [1.29, 1.82) is 0 Å². The average Bonchev–Trinajstić information content (AvgIpc) is 2.87. The number of carbonyl (C=O) groups is 2. The van der Waals surface area contributed by atoms with Crippen LogP contribution in [-0.4, -0.2) is 57.7 Å². The van der Waals surface area contributed by atoms with Crippen LogP contribution in [0.15, 0.2) is 72.8 Å². The molecular formula is C27H29N3O5S. The van der Waals surface area contributed by atoms with Crippen LogP contribution in [0.2, 0.25) is 0 Å². The third-order valence-electron chi connectivity index (χ3n) is 5.94. The summed E-state index contributed by atoms with van der Waals surface area (Å²) in [7, 11) is -3.51. The predicted octanol–water partition coefficient (Wildman–Crippen LogP) is 3.69. The number of hydrogen-bond donors (Lipinski definition) is 1. The zero-order chi connectivity index (χ0) is 25.7. The number of nitrogens with one attached hydrogen (secondary N) is 1. The van der Waals surface area contributed by atoms with Crippen molar-refractivity contribution in [1.82, 2.24) is 4.90 Å². The van der Waals surface area contributed by atoms with Crippen molar-refractivity contribution in [2.75, 3.05) is 42.2 Å². The highest BCUT2D eigenvalue weighted by atomic mass is 32.2. The fourth-order valence-corrected chi connectivity index (χ4v) is 4.90. The molecule has 1 fully saturated rings. The van der Waals surface area contributed by atoms with E-state index in [1.165, 1.54) is 10.6 Å². The van der Waals surface area contributed by atoms with Gasteiger partial charge in [-0.2, -0.15) is 0 Å². The lowest BCUT2D eigenvalue weighted by Crippen LogP contribution is -2.41. The number of hydrogen-bond acceptors (Lipinski definition) is 5. The second-order valence-electron chi connectivity index (χ2n) is 8.71. The topological polar surface area (TPSA) is 96.0 Å². The second kappa shape index (κ2) is 10.9. The number of aryl methyl sites for hydroxylation is 1. The van der Waals surface area contributed by atoms with Crippen molar-refractivity contribution in [2.45, 2.75) is 13.5 Å². The summed E-state index contributed by atoms with van der Waals surface area (Å²) in [6.07, 6.45) is 1.17. The first-order valence-electron chi connectivity index (χ1n) is 11.6. The van der Waals surface area contributed by atoms with Gasteiger partial charge in [0.1, 0.15) is 0 Å². The molecule has 1 aliphatic heterocycles. The van der Waals surface area contributed by atoms with Crippen molar-refractivity contribution >= 4 is 33.2 Å². The molecule has 4 rings (SSSR count). The normalized spacial score (nSPS) is 13.8. The smallest absolute Gasteiger partial charge is 0.256 e. The highest BCUT2D eigenvalue weighted by molar-refractivity contribution is 7.92. The molecule has 0 unspecified atom stereocenters. The first-order valence-corrected chi connectivity index (χ1v) is 13.5. The highest BCUT2D eigenvalue weighted by Crippen LogP contribution is 2.23. The molecule has 0 aliphatic carbocycles. The minimum absolute atomic E-state index is 0.140. The fraction of sp³-hybridized carbons (Fsp3) is 0.259. The van der Waals surface area contributed by atoms with Crippen molar-refractivity contribution in [3.05, 3.63) is 95.1 Å². The van der Waals surface area contributed by atoms with E-state index in [2.05, 4.69) is 5.32 Å². The van der Waals surface area contributed by atoms with Crippen molar-refractivity contribution in [3.63, 3.8) is 0 Å². The van der Waals surface area contributed by atoms with Crippen LogP contribution in [0.5, 0.6) is 0 Å². The van der Waals surface area contributed by atoms with Crippen molar-refractivity contribution in [2.24, 2.45) is 0 Å². The van der Waals surface area contributed by atoms with Gasteiger partial charge in [-0.1, -0.05) is 36.4 Å². The Morgan fingerprint density at radius 3 is 2.33 bits per heavy atom. The van der Waals surface area contributed by atoms with Crippen LogP contribution >= 0.6 is 0 Å². The maximum Gasteiger partial charge on any atom is 0.256 e. The van der Waals surface area contributed by atoms with E-state index in [0.717, 1.165) is 11.1 Å². The van der Waals surface area contributed by atoms with Crippen LogP contribution in [0.4, 0.5) is 11.4 Å². The van der Waals surface area contributed by atoms with E-state index >= 15 is 0 Å². The standard InChI is InChI=1S/C27H29N3O5S/c1-20-6-5-7-23(18-20)30(36(2,33)34)19-21-10-12-22(13-11-21)26(31)28-25-9-4-3-8-24(25)27(32)29-14-16-35-17-15-29/h3-13,18H,14-17,19H2,1-2H3,(H,28,31). The van der Waals surface area contributed by atoms with Gasteiger partial charge in [0.15, 0.2) is 0 Å². The number of amides is 2. The van der Waals surface area contributed by atoms with Gasteiger partial charge >= 0.3 is 0 Å². The molecule has 1 N–H and O–H groups in total. The Bertz CT molecular complexity index is 1350. The van der Waals surface area contributed by atoms with Gasteiger partial charge in [0.2, 0.25) is 10.0 Å². The van der Waals surface area contributed by atoms with Crippen LogP contribution in [-0.2, 0) is 21.3 Å². The van der Waals surface area contributed by atoms with Crippen LogP contribution in [0.25, 0.3) is 0 Å². The average molecular weight is 508 g/mol. The number of rotatable bonds is 7. The van der Waals surface area contributed by atoms with Crippen molar-refractivity contribution < 1.29 is 22.7 Å². The summed E-state index contributed by atoms with van der Waals surface area (Å²) in [4.78, 5) is 27.6. The lowest BCUT2D eigenvalue weighted by molar-refractivity contribution is 0.0303. The number of benzene rings is 3. The largest absolute Gasteiger partial charge is 0.378 e. The third-order valence-corrected chi connectivity index (χ3v) is 7.08. The van der Waals surface area contributed by atoms with Gasteiger partial charge in [-0.05, 0) is 54.4 Å². The molecule has 1 heterocycles. The Balaban J connectivity index is 1.49. The molecule has 0 saturated carbocycles. The van der Waals surface area contributed by atoms with Crippen molar-refractivity contribution in [3.8, 4) is 0 Å². The Kier molecular flexibility index (Phi) is 7.71. The summed E-state index contributed by atoms with van der Waals surface area (Å²) in [5, 5.41) is 2.84. The molecule has 0 bridgehead atoms. The Morgan fingerprint density at radius 1 is 0.972 bits per heavy atom. The van der Waals surface area contributed by atoms with Gasteiger partial charge in [-0.25, -0.2) is 8.42 Å². The minimum Gasteiger partial charge on any atom is -0.378 e. The highest BCUT2D eigenvalue weighted by Gasteiger charge is 2.22. The number of sulfonamides is 1. The number of anilines is 2. The summed E-state index contributed by atoms with van der Waals surface area (Å²) >= 11 is 0. The van der Waals surface area contributed by atoms with E-state index in [4.69, 9.17) is 4.74 Å². The van der Waals surface area contributed by atoms with Gasteiger partial charge in [0, 0.05) is 18.7 Å². The number of morpholine rings is 1. The fourth-order valence-electron chi connectivity index (χ4n) is 4.02. The van der Waals surface area contributed by atoms with Gasteiger partial charge in [-0.3, -0.25) is 13.9 Å². The summed E-state index contributed by atoms with van der Waals surface area (Å²) in [6.45, 7) is 4.05. The van der Waals surface area contributed by atoms with Crippen LogP contribution < -0.4 is 9.62 Å². The summed E-state index contributed by atoms with van der Waals surface area (Å²) in [6, 6.07) is 21.0. The third kappa shape index (κ3) is 6.10. The first-order chi connectivity index (χ1) is 17.2. The van der Waals surface area contributed by atoms with E-state index in [0.29, 0.717) is 48.8 Å². The molecule has 0 spiro atoms. The molecule has 0 radical (unpaired) electrons. The van der Waals surface area contributed by atoms with Gasteiger partial charge < -0.3 is 15.0 Å². The molecule has 3 aromatic rings. The molecule has 3 aromatic carbocycles. The number of carbonyl (C=O) groups excluding carboxylic acids is 2. The lowest BCUT2D eigenvalue weighted by Gasteiger charge is -2.27. The molecule has 0 atom stereocenters. The molecule has 36 heavy (non-hydrogen) atoms. The molecule has 8 nitrogen and oxygen atoms in total. The molecular weight excluding hydrogens is 478 g/mol. The lowest BCUT2D eigenvalue weighted by atomic mass is 10.1. The summed E-state index contributed by atoms with van der Waals surface area (Å²) in [5.74, 6) is -0.510. The Morgan fingerprint density at radius 2 is 1.67 bits per heavy atom. The van der Waals surface area contributed by atoms with E-state index in [1.54, 1.807) is 59.5 Å². The summed E-state index contributed by atoms with van der Waals surface area (Å²) in [5.41, 5.74) is 3.54. The van der Waals surface area contributed by atoms with Crippen LogP contribution in [0.1, 0.15) is 31.8 Å². The van der Waals surface area contributed by atoms with Crippen LogP contribution in [0, 0.1) is 6.92 Å². The Labute approximate surface area is 211 Å². The van der Waals surface area contributed by atoms with Gasteiger partial charge in [-0.15, -0.1) is 0 Å². The molecule has 1 aliphatic rings. The molecule has 188 valence electrons. The zero-order valence-electron chi connectivity index (χ0n) is 20.3. The summed E-state index contributed by atoms with van der Waals surface area (Å²) < 4.78 is 31.6. The molecule has 2 amide bonds. The zero-order valence-corrected chi connectivity index (χ0v) is 21.1. The quantitative estimate of drug-likeness (QED) is 0.526. The monoisotopic (exact) mass is 507 g/mol. The number of nitrogens with zero attached hydrogens (tertiary/aromatic N) is 2. The van der Waals surface area contributed by atoms with Gasteiger partial charge in [0.05, 0.1) is 43.0 Å². The maximum absolute atomic E-state index is 13.0. The van der Waals surface area contributed by atoms with Gasteiger partial charge in [0.25, 0.3) is 11.8 Å². The number of para-hydroxylation sites is 1. The minimum atomic E-state index is -3.51. The predicted molar refractivity (Wildman–Crippen MR) is 140 cm³/mol. The molecule has 1 saturated heterocycles. The number of ether oxygens (including phenoxy) is 1. The SMILES string of the molecule is Cc1cccc(N(Cc2ccc(C(=O)Nc3ccccc3C(=O)N3CCOCC3)cc2)S(C)(=O)=O)c1. The second-order valence-corrected chi connectivity index (χ2v) is 10.6. The van der Waals surface area contributed by atoms with E-state index in [-0.39, 0.29) is 18.4 Å².